The van der Waals surface area contributed by atoms with E-state index in [1.54, 1.807) is 23.0 Å². The van der Waals surface area contributed by atoms with Crippen LogP contribution < -0.4 is 5.56 Å². The Morgan fingerprint density at radius 2 is 2.00 bits per heavy atom. The lowest BCUT2D eigenvalue weighted by atomic mass is 10.1. The van der Waals surface area contributed by atoms with Gasteiger partial charge in [-0.05, 0) is 36.6 Å². The molecule has 0 aliphatic rings. The zero-order chi connectivity index (χ0) is 19.5. The second-order valence-electron chi connectivity index (χ2n) is 6.83. The number of para-hydroxylation sites is 1. The maximum atomic E-state index is 13.0. The summed E-state index contributed by atoms with van der Waals surface area (Å²) in [5.41, 5.74) is 0.674. The highest BCUT2D eigenvalue weighted by molar-refractivity contribution is 7.98. The van der Waals surface area contributed by atoms with E-state index in [9.17, 15) is 4.79 Å². The molecule has 1 aromatic carbocycles. The van der Waals surface area contributed by atoms with Crippen molar-refractivity contribution < 1.29 is 8.94 Å². The predicted octanol–water partition coefficient (Wildman–Crippen LogP) is 4.38. The van der Waals surface area contributed by atoms with Crippen LogP contribution in [-0.2, 0) is 12.3 Å². The number of hydrogen-bond acceptors (Lipinski definition) is 7. The monoisotopic (exact) mass is 396 g/mol. The van der Waals surface area contributed by atoms with Crippen LogP contribution in [0, 0.1) is 5.92 Å². The summed E-state index contributed by atoms with van der Waals surface area (Å²) in [7, 11) is 0. The molecular formula is C20H20N4O3S. The van der Waals surface area contributed by atoms with Crippen molar-refractivity contribution in [2.45, 2.75) is 37.7 Å². The zero-order valence-corrected chi connectivity index (χ0v) is 16.5. The topological polar surface area (TPSA) is 86.9 Å². The van der Waals surface area contributed by atoms with Crippen LogP contribution in [0.3, 0.4) is 0 Å². The van der Waals surface area contributed by atoms with Gasteiger partial charge in [-0.3, -0.25) is 9.36 Å². The molecule has 7 nitrogen and oxygen atoms in total. The number of benzene rings is 1. The van der Waals surface area contributed by atoms with Gasteiger partial charge >= 0.3 is 0 Å². The van der Waals surface area contributed by atoms with Gasteiger partial charge in [0.15, 0.2) is 10.9 Å². The summed E-state index contributed by atoms with van der Waals surface area (Å²) >= 11 is 1.42. The second-order valence-corrected chi connectivity index (χ2v) is 7.77. The van der Waals surface area contributed by atoms with Gasteiger partial charge < -0.3 is 8.94 Å². The van der Waals surface area contributed by atoms with Gasteiger partial charge in [0, 0.05) is 6.54 Å². The van der Waals surface area contributed by atoms with E-state index in [0.717, 1.165) is 6.42 Å². The largest absolute Gasteiger partial charge is 0.461 e. The summed E-state index contributed by atoms with van der Waals surface area (Å²) in [6, 6.07) is 11.0. The number of rotatable bonds is 7. The van der Waals surface area contributed by atoms with Gasteiger partial charge in [-0.1, -0.05) is 42.9 Å². The zero-order valence-electron chi connectivity index (χ0n) is 15.7. The van der Waals surface area contributed by atoms with Crippen LogP contribution in [0.1, 0.15) is 26.2 Å². The van der Waals surface area contributed by atoms with Crippen molar-refractivity contribution in [3.8, 4) is 11.6 Å². The van der Waals surface area contributed by atoms with Crippen LogP contribution >= 0.6 is 11.8 Å². The first-order valence-corrected chi connectivity index (χ1v) is 10.1. The molecule has 0 aliphatic heterocycles. The van der Waals surface area contributed by atoms with E-state index in [0.29, 0.717) is 51.8 Å². The highest BCUT2D eigenvalue weighted by Crippen LogP contribution is 2.24. The maximum Gasteiger partial charge on any atom is 0.262 e. The molecule has 4 aromatic rings. The molecule has 0 amide bonds. The molecule has 28 heavy (non-hydrogen) atoms. The molecule has 0 saturated heterocycles. The molecule has 0 fully saturated rings. The first-order chi connectivity index (χ1) is 13.6. The van der Waals surface area contributed by atoms with Gasteiger partial charge in [-0.15, -0.1) is 0 Å². The third-order valence-electron chi connectivity index (χ3n) is 4.29. The normalized spacial score (nSPS) is 11.5. The van der Waals surface area contributed by atoms with E-state index >= 15 is 0 Å². The predicted molar refractivity (Wildman–Crippen MR) is 107 cm³/mol. The SMILES string of the molecule is CC(C)CCn1c(SCc2nc(-c3ccco3)no2)nc2ccccc2c1=O. The molecular weight excluding hydrogens is 376 g/mol. The van der Waals surface area contributed by atoms with Crippen molar-refractivity contribution in [1.82, 2.24) is 19.7 Å². The Balaban J connectivity index is 1.61. The van der Waals surface area contributed by atoms with Gasteiger partial charge in [0.25, 0.3) is 5.56 Å². The molecule has 0 spiro atoms. The van der Waals surface area contributed by atoms with Crippen LogP contribution in [0.25, 0.3) is 22.5 Å². The van der Waals surface area contributed by atoms with Crippen molar-refractivity contribution in [2.75, 3.05) is 0 Å². The number of nitrogens with zero attached hydrogens (tertiary/aromatic N) is 4. The van der Waals surface area contributed by atoms with Crippen LogP contribution in [0.15, 0.2) is 61.6 Å². The van der Waals surface area contributed by atoms with E-state index in [2.05, 4.69) is 24.0 Å². The first-order valence-electron chi connectivity index (χ1n) is 9.10. The Morgan fingerprint density at radius 1 is 1.14 bits per heavy atom. The van der Waals surface area contributed by atoms with Gasteiger partial charge in [0.1, 0.15) is 0 Å². The van der Waals surface area contributed by atoms with E-state index in [1.165, 1.54) is 11.8 Å². The summed E-state index contributed by atoms with van der Waals surface area (Å²) in [5, 5.41) is 5.23. The molecule has 144 valence electrons. The van der Waals surface area contributed by atoms with Crippen molar-refractivity contribution in [1.29, 1.82) is 0 Å². The highest BCUT2D eigenvalue weighted by atomic mass is 32.2. The quantitative estimate of drug-likeness (QED) is 0.338. The Hall–Kier alpha value is -2.87. The summed E-state index contributed by atoms with van der Waals surface area (Å²) in [5.74, 6) is 2.32. The lowest BCUT2D eigenvalue weighted by Crippen LogP contribution is -2.24. The van der Waals surface area contributed by atoms with Crippen molar-refractivity contribution in [3.05, 3.63) is 58.9 Å². The fraction of sp³-hybridized carbons (Fsp3) is 0.300. The Morgan fingerprint density at radius 3 is 2.79 bits per heavy atom. The van der Waals surface area contributed by atoms with Gasteiger partial charge in [0.2, 0.25) is 11.7 Å². The average Bonchev–Trinajstić information content (AvgIpc) is 3.37. The molecule has 0 unspecified atom stereocenters. The lowest BCUT2D eigenvalue weighted by molar-refractivity contribution is 0.390. The number of thioether (sulfide) groups is 1. The average molecular weight is 396 g/mol. The number of aromatic nitrogens is 4. The summed E-state index contributed by atoms with van der Waals surface area (Å²) in [6.45, 7) is 4.90. The Bertz CT molecular complexity index is 1130. The second kappa shape index (κ2) is 8.02. The van der Waals surface area contributed by atoms with Crippen LogP contribution in [0.2, 0.25) is 0 Å². The maximum absolute atomic E-state index is 13.0. The fourth-order valence-corrected chi connectivity index (χ4v) is 3.65. The number of hydrogen-bond donors (Lipinski definition) is 0. The van der Waals surface area contributed by atoms with E-state index in [-0.39, 0.29) is 5.56 Å². The molecule has 3 aromatic heterocycles. The van der Waals surface area contributed by atoms with Gasteiger partial charge in [-0.25, -0.2) is 4.98 Å². The molecule has 0 atom stereocenters. The summed E-state index contributed by atoms with van der Waals surface area (Å²) in [4.78, 5) is 22.0. The Kier molecular flexibility index (Phi) is 5.29. The number of fused-ring (bicyclic) bond motifs is 1. The van der Waals surface area contributed by atoms with Gasteiger partial charge in [-0.2, -0.15) is 4.98 Å². The van der Waals surface area contributed by atoms with Crippen LogP contribution in [0.5, 0.6) is 0 Å². The van der Waals surface area contributed by atoms with Crippen molar-refractivity contribution in [3.63, 3.8) is 0 Å². The third kappa shape index (κ3) is 3.87. The van der Waals surface area contributed by atoms with Crippen molar-refractivity contribution >= 4 is 22.7 Å². The summed E-state index contributed by atoms with van der Waals surface area (Å²) in [6.07, 6.45) is 2.46. The molecule has 0 bridgehead atoms. The molecule has 3 heterocycles. The molecule has 0 N–H and O–H groups in total. The standard InChI is InChI=1S/C20H20N4O3S/c1-13(2)9-10-24-19(25)14-6-3-4-7-15(14)21-20(24)28-12-17-22-18(23-27-17)16-8-5-11-26-16/h3-8,11,13H,9-10,12H2,1-2H3. The minimum absolute atomic E-state index is 0.0180. The third-order valence-corrected chi connectivity index (χ3v) is 5.25. The van der Waals surface area contributed by atoms with E-state index < -0.39 is 0 Å². The number of furan rings is 1. The lowest BCUT2D eigenvalue weighted by Gasteiger charge is -2.13. The van der Waals surface area contributed by atoms with E-state index in [4.69, 9.17) is 13.9 Å². The van der Waals surface area contributed by atoms with Crippen LogP contribution in [0.4, 0.5) is 0 Å². The molecule has 4 rings (SSSR count). The fourth-order valence-electron chi connectivity index (χ4n) is 2.79. The first kappa shape index (κ1) is 18.5. The molecule has 0 saturated carbocycles. The van der Waals surface area contributed by atoms with Crippen LogP contribution in [-0.4, -0.2) is 19.7 Å². The molecule has 0 aliphatic carbocycles. The highest BCUT2D eigenvalue weighted by Gasteiger charge is 2.15. The minimum atomic E-state index is -0.0180. The smallest absolute Gasteiger partial charge is 0.262 e. The summed E-state index contributed by atoms with van der Waals surface area (Å²) < 4.78 is 12.3. The molecule has 0 radical (unpaired) electrons. The van der Waals surface area contributed by atoms with Crippen molar-refractivity contribution in [2.24, 2.45) is 5.92 Å². The minimum Gasteiger partial charge on any atom is -0.461 e. The Labute approximate surface area is 165 Å². The van der Waals surface area contributed by atoms with Gasteiger partial charge in [0.05, 0.1) is 22.9 Å². The van der Waals surface area contributed by atoms with E-state index in [1.807, 2.05) is 24.3 Å². The molecule has 8 heteroatoms.